The highest BCUT2D eigenvalue weighted by atomic mass is 35.5. The van der Waals surface area contributed by atoms with Crippen molar-refractivity contribution in [1.29, 1.82) is 0 Å². The van der Waals surface area contributed by atoms with E-state index >= 15 is 0 Å². The Hall–Kier alpha value is -1.56. The summed E-state index contributed by atoms with van der Waals surface area (Å²) in [7, 11) is 0. The van der Waals surface area contributed by atoms with E-state index in [4.69, 9.17) is 11.6 Å². The van der Waals surface area contributed by atoms with Crippen molar-refractivity contribution in [3.05, 3.63) is 59.1 Å². The van der Waals surface area contributed by atoms with Crippen molar-refractivity contribution in [3.8, 4) is 0 Å². The Morgan fingerprint density at radius 1 is 1.24 bits per heavy atom. The number of aromatic nitrogens is 1. The number of thiazole rings is 1. The molecule has 3 nitrogen and oxygen atoms in total. The third-order valence-electron chi connectivity index (χ3n) is 2.88. The van der Waals surface area contributed by atoms with Crippen molar-refractivity contribution in [2.24, 2.45) is 0 Å². The fourth-order valence-corrected chi connectivity index (χ4v) is 4.26. The zero-order valence-corrected chi connectivity index (χ0v) is 13.1. The summed E-state index contributed by atoms with van der Waals surface area (Å²) >= 11 is 8.67. The first-order valence-electron chi connectivity index (χ1n) is 6.14. The summed E-state index contributed by atoms with van der Waals surface area (Å²) < 4.78 is 1.72. The second kappa shape index (κ2) is 6.05. The van der Waals surface area contributed by atoms with Crippen molar-refractivity contribution >= 4 is 50.9 Å². The molecule has 0 spiro atoms. The van der Waals surface area contributed by atoms with Gasteiger partial charge in [0.25, 0.3) is 0 Å². The van der Waals surface area contributed by atoms with Gasteiger partial charge in [0.05, 0.1) is 10.2 Å². The Morgan fingerprint density at radius 3 is 2.71 bits per heavy atom. The predicted molar refractivity (Wildman–Crippen MR) is 87.3 cm³/mol. The molecule has 3 aromatic rings. The summed E-state index contributed by atoms with van der Waals surface area (Å²) in [6, 6.07) is 14.7. The lowest BCUT2D eigenvalue weighted by Crippen LogP contribution is -2.07. The Balaban J connectivity index is 1.93. The van der Waals surface area contributed by atoms with E-state index in [0.717, 1.165) is 20.1 Å². The lowest BCUT2D eigenvalue weighted by Gasteiger charge is -2.09. The Morgan fingerprint density at radius 2 is 2.00 bits per heavy atom. The number of carboxylic acids is 1. The van der Waals surface area contributed by atoms with Gasteiger partial charge < -0.3 is 5.11 Å². The molecule has 0 aliphatic rings. The zero-order chi connectivity index (χ0) is 14.8. The van der Waals surface area contributed by atoms with E-state index in [2.05, 4.69) is 4.98 Å². The van der Waals surface area contributed by atoms with Gasteiger partial charge >= 0.3 is 5.97 Å². The molecule has 2 aromatic carbocycles. The maximum atomic E-state index is 11.5. The second-order valence-electron chi connectivity index (χ2n) is 4.34. The topological polar surface area (TPSA) is 50.2 Å². The molecule has 6 heteroatoms. The maximum absolute atomic E-state index is 11.5. The molecular weight excluding hydrogens is 326 g/mol. The van der Waals surface area contributed by atoms with E-state index in [9.17, 15) is 9.90 Å². The molecule has 3 rings (SSSR count). The van der Waals surface area contributed by atoms with Gasteiger partial charge in [0.2, 0.25) is 0 Å². The summed E-state index contributed by atoms with van der Waals surface area (Å²) in [6.45, 7) is 0. The minimum atomic E-state index is -0.872. The van der Waals surface area contributed by atoms with Crippen LogP contribution in [0.3, 0.4) is 0 Å². The average Bonchev–Trinajstić information content (AvgIpc) is 2.87. The van der Waals surface area contributed by atoms with Crippen LogP contribution in [-0.2, 0) is 4.79 Å². The van der Waals surface area contributed by atoms with Gasteiger partial charge in [0.15, 0.2) is 4.34 Å². The minimum absolute atomic E-state index is 0.627. The van der Waals surface area contributed by atoms with Crippen molar-refractivity contribution < 1.29 is 9.90 Å². The summed E-state index contributed by atoms with van der Waals surface area (Å²) in [5, 5.41) is 9.40. The summed E-state index contributed by atoms with van der Waals surface area (Å²) in [4.78, 5) is 16.0. The average molecular weight is 336 g/mol. The smallest absolute Gasteiger partial charge is 0.321 e. The number of carbonyl (C=O) groups is 1. The van der Waals surface area contributed by atoms with Gasteiger partial charge in [-0.25, -0.2) is 4.98 Å². The molecule has 0 aliphatic carbocycles. The molecule has 0 amide bonds. The quantitative estimate of drug-likeness (QED) is 0.691. The molecule has 0 fully saturated rings. The Kier molecular flexibility index (Phi) is 4.14. The summed E-state index contributed by atoms with van der Waals surface area (Å²) in [6.07, 6.45) is 0. The van der Waals surface area contributed by atoms with Crippen LogP contribution in [0.5, 0.6) is 0 Å². The number of aliphatic carboxylic acids is 1. The van der Waals surface area contributed by atoms with Crippen LogP contribution in [0, 0.1) is 0 Å². The predicted octanol–water partition coefficient (Wildman–Crippen LogP) is 4.87. The second-order valence-corrected chi connectivity index (χ2v) is 7.16. The zero-order valence-electron chi connectivity index (χ0n) is 10.7. The number of nitrogens with zero attached hydrogens (tertiary/aromatic N) is 1. The molecule has 106 valence electrons. The van der Waals surface area contributed by atoms with Gasteiger partial charge in [-0.15, -0.1) is 11.3 Å². The van der Waals surface area contributed by atoms with Gasteiger partial charge in [-0.3, -0.25) is 4.79 Å². The molecule has 0 bridgehead atoms. The number of halogens is 1. The van der Waals surface area contributed by atoms with Crippen molar-refractivity contribution in [3.63, 3.8) is 0 Å². The first-order valence-corrected chi connectivity index (χ1v) is 8.21. The fourth-order valence-electron chi connectivity index (χ4n) is 1.92. The maximum Gasteiger partial charge on any atom is 0.321 e. The van der Waals surface area contributed by atoms with E-state index in [1.807, 2.05) is 42.5 Å². The van der Waals surface area contributed by atoms with Crippen LogP contribution in [0.1, 0.15) is 10.8 Å². The van der Waals surface area contributed by atoms with Gasteiger partial charge in [0, 0.05) is 5.02 Å². The molecule has 0 radical (unpaired) electrons. The van der Waals surface area contributed by atoms with Crippen molar-refractivity contribution in [2.75, 3.05) is 0 Å². The van der Waals surface area contributed by atoms with Crippen LogP contribution in [0.25, 0.3) is 10.2 Å². The summed E-state index contributed by atoms with van der Waals surface area (Å²) in [5.74, 6) is -0.872. The largest absolute Gasteiger partial charge is 0.480 e. The van der Waals surface area contributed by atoms with Crippen LogP contribution in [0.15, 0.2) is 52.9 Å². The third-order valence-corrected chi connectivity index (χ3v) is 5.48. The van der Waals surface area contributed by atoms with Crippen LogP contribution in [-0.4, -0.2) is 16.1 Å². The van der Waals surface area contributed by atoms with E-state index in [-0.39, 0.29) is 0 Å². The monoisotopic (exact) mass is 335 g/mol. The van der Waals surface area contributed by atoms with E-state index < -0.39 is 11.2 Å². The highest BCUT2D eigenvalue weighted by Gasteiger charge is 2.22. The number of rotatable bonds is 4. The van der Waals surface area contributed by atoms with Gasteiger partial charge in [-0.05, 0) is 23.8 Å². The van der Waals surface area contributed by atoms with Crippen molar-refractivity contribution in [1.82, 2.24) is 4.98 Å². The van der Waals surface area contributed by atoms with Crippen molar-refractivity contribution in [2.45, 2.75) is 9.59 Å². The Bertz CT molecular complexity index is 789. The molecule has 21 heavy (non-hydrogen) atoms. The third kappa shape index (κ3) is 3.20. The first kappa shape index (κ1) is 14.4. The van der Waals surface area contributed by atoms with Crippen LogP contribution < -0.4 is 0 Å². The van der Waals surface area contributed by atoms with Gasteiger partial charge in [0.1, 0.15) is 5.25 Å². The van der Waals surface area contributed by atoms with Crippen LogP contribution in [0.2, 0.25) is 5.02 Å². The fraction of sp³-hybridized carbons (Fsp3) is 0.0667. The summed E-state index contributed by atoms with van der Waals surface area (Å²) in [5.41, 5.74) is 1.56. The van der Waals surface area contributed by atoms with E-state index in [1.54, 1.807) is 6.07 Å². The number of benzene rings is 2. The number of fused-ring (bicyclic) bond motifs is 1. The molecule has 1 unspecified atom stereocenters. The number of hydrogen-bond donors (Lipinski definition) is 1. The molecule has 0 saturated carbocycles. The molecular formula is C15H10ClNO2S2. The van der Waals surface area contributed by atoms with Gasteiger partial charge in [-0.2, -0.15) is 0 Å². The first-order chi connectivity index (χ1) is 10.1. The SMILES string of the molecule is O=C(O)C(Sc1nc2cc(Cl)ccc2s1)c1ccccc1. The lowest BCUT2D eigenvalue weighted by molar-refractivity contribution is -0.136. The standard InChI is InChI=1S/C15H10ClNO2S2/c16-10-6-7-12-11(8-10)17-15(20-12)21-13(14(18)19)9-4-2-1-3-5-9/h1-8,13H,(H,18,19). The molecule has 0 saturated heterocycles. The molecule has 1 atom stereocenters. The van der Waals surface area contributed by atoms with Crippen LogP contribution in [0.4, 0.5) is 0 Å². The number of carboxylic acid groups (broad SMARTS) is 1. The normalized spacial score (nSPS) is 12.4. The number of hydrogen-bond acceptors (Lipinski definition) is 4. The highest BCUT2D eigenvalue weighted by Crippen LogP contribution is 2.39. The number of thioether (sulfide) groups is 1. The molecule has 1 N–H and O–H groups in total. The van der Waals surface area contributed by atoms with Crippen LogP contribution >= 0.6 is 34.7 Å². The lowest BCUT2D eigenvalue weighted by atomic mass is 10.1. The minimum Gasteiger partial charge on any atom is -0.480 e. The molecule has 1 aromatic heterocycles. The highest BCUT2D eigenvalue weighted by molar-refractivity contribution is 8.02. The van der Waals surface area contributed by atoms with E-state index in [1.165, 1.54) is 23.1 Å². The Labute approximate surface area is 134 Å². The van der Waals surface area contributed by atoms with E-state index in [0.29, 0.717) is 5.02 Å². The molecule has 1 heterocycles. The molecule has 0 aliphatic heterocycles. The van der Waals surface area contributed by atoms with Gasteiger partial charge in [-0.1, -0.05) is 53.7 Å².